The Kier molecular flexibility index (Phi) is 5.42. The molecule has 23 heavy (non-hydrogen) atoms. The van der Waals surface area contributed by atoms with E-state index in [1.807, 2.05) is 0 Å². The summed E-state index contributed by atoms with van der Waals surface area (Å²) in [6.45, 7) is 4.83. The van der Waals surface area contributed by atoms with Crippen molar-refractivity contribution in [3.63, 3.8) is 0 Å². The normalized spacial score (nSPS) is 28.9. The first-order chi connectivity index (χ1) is 11.2. The van der Waals surface area contributed by atoms with Crippen LogP contribution in [0.3, 0.4) is 0 Å². The Morgan fingerprint density at radius 2 is 2.43 bits per heavy atom. The summed E-state index contributed by atoms with van der Waals surface area (Å²) in [6.07, 6.45) is 2.43. The number of nitrogens with zero attached hydrogens (tertiary/aromatic N) is 2. The molecular formula is C16H24FN3O3. The number of aliphatic hydroxyl groups excluding tert-OH is 1. The van der Waals surface area contributed by atoms with Gasteiger partial charge in [0.05, 0.1) is 26.4 Å². The quantitative estimate of drug-likeness (QED) is 0.832. The smallest absolute Gasteiger partial charge is 0.165 e. The maximum absolute atomic E-state index is 13.6. The Morgan fingerprint density at radius 3 is 3.26 bits per heavy atom. The summed E-state index contributed by atoms with van der Waals surface area (Å²) < 4.78 is 25.4. The zero-order chi connectivity index (χ0) is 16.1. The molecule has 2 aliphatic heterocycles. The zero-order valence-electron chi connectivity index (χ0n) is 13.2. The van der Waals surface area contributed by atoms with E-state index in [1.54, 1.807) is 12.3 Å². The molecule has 0 unspecified atom stereocenters. The van der Waals surface area contributed by atoms with E-state index in [0.29, 0.717) is 32.9 Å². The number of hydrogen-bond acceptors (Lipinski definition) is 6. The Balaban J connectivity index is 1.55. The van der Waals surface area contributed by atoms with Gasteiger partial charge in [-0.1, -0.05) is 0 Å². The molecule has 0 bridgehead atoms. The van der Waals surface area contributed by atoms with Gasteiger partial charge in [0.2, 0.25) is 0 Å². The minimum atomic E-state index is -0.340. The second-order valence-electron chi connectivity index (χ2n) is 6.33. The van der Waals surface area contributed by atoms with E-state index in [1.165, 1.54) is 6.07 Å². The van der Waals surface area contributed by atoms with Crippen molar-refractivity contribution in [1.82, 2.24) is 9.88 Å². The van der Waals surface area contributed by atoms with E-state index in [4.69, 9.17) is 14.6 Å². The van der Waals surface area contributed by atoms with Gasteiger partial charge >= 0.3 is 0 Å². The van der Waals surface area contributed by atoms with E-state index in [2.05, 4.69) is 15.2 Å². The summed E-state index contributed by atoms with van der Waals surface area (Å²) in [5.74, 6) is 0.231. The summed E-state index contributed by atoms with van der Waals surface area (Å²) in [5, 5.41) is 12.2. The molecular weight excluding hydrogens is 301 g/mol. The molecule has 1 spiro atoms. The predicted octanol–water partition coefficient (Wildman–Crippen LogP) is 0.732. The first kappa shape index (κ1) is 16.6. The minimum absolute atomic E-state index is 0.139. The third kappa shape index (κ3) is 4.17. The number of β-amino-alcohol motifs (C(OH)–C–C–N with tert-alkyl or cyclic N) is 1. The van der Waals surface area contributed by atoms with Crippen molar-refractivity contribution in [2.75, 3.05) is 57.9 Å². The van der Waals surface area contributed by atoms with Crippen LogP contribution in [0.2, 0.25) is 0 Å². The Hall–Kier alpha value is -1.28. The largest absolute Gasteiger partial charge is 0.395 e. The first-order valence-corrected chi connectivity index (χ1v) is 8.10. The van der Waals surface area contributed by atoms with Crippen molar-refractivity contribution in [1.29, 1.82) is 0 Å². The van der Waals surface area contributed by atoms with Crippen LogP contribution < -0.4 is 5.32 Å². The highest BCUT2D eigenvalue weighted by atomic mass is 19.1. The predicted molar refractivity (Wildman–Crippen MR) is 83.8 cm³/mol. The number of anilines is 1. The molecule has 7 heteroatoms. The summed E-state index contributed by atoms with van der Waals surface area (Å²) in [7, 11) is 0. The van der Waals surface area contributed by atoms with Crippen molar-refractivity contribution in [2.24, 2.45) is 5.92 Å². The van der Waals surface area contributed by atoms with Crippen LogP contribution in [0.15, 0.2) is 18.3 Å². The number of aromatic nitrogens is 1. The maximum Gasteiger partial charge on any atom is 0.165 e. The lowest BCUT2D eigenvalue weighted by Crippen LogP contribution is -2.45. The SMILES string of the molecule is OCCN1CCOC[C@]2(C[C@H](CNc3ncccc3F)CO2)C1. The van der Waals surface area contributed by atoms with Crippen LogP contribution in [-0.2, 0) is 9.47 Å². The topological polar surface area (TPSA) is 66.9 Å². The van der Waals surface area contributed by atoms with E-state index in [-0.39, 0.29) is 29.8 Å². The van der Waals surface area contributed by atoms with Gasteiger partial charge in [-0.3, -0.25) is 4.90 Å². The summed E-state index contributed by atoms with van der Waals surface area (Å²) in [6, 6.07) is 2.97. The van der Waals surface area contributed by atoms with Crippen LogP contribution in [0.5, 0.6) is 0 Å². The molecule has 0 aliphatic carbocycles. The maximum atomic E-state index is 13.6. The molecule has 0 amide bonds. The highest BCUT2D eigenvalue weighted by Gasteiger charge is 2.43. The van der Waals surface area contributed by atoms with E-state index < -0.39 is 0 Å². The third-order valence-electron chi connectivity index (χ3n) is 4.45. The summed E-state index contributed by atoms with van der Waals surface area (Å²) in [4.78, 5) is 6.19. The zero-order valence-corrected chi connectivity index (χ0v) is 13.2. The van der Waals surface area contributed by atoms with Crippen LogP contribution in [0.1, 0.15) is 6.42 Å². The fourth-order valence-electron chi connectivity index (χ4n) is 3.35. The van der Waals surface area contributed by atoms with Gasteiger partial charge in [0.25, 0.3) is 0 Å². The van der Waals surface area contributed by atoms with E-state index >= 15 is 0 Å². The minimum Gasteiger partial charge on any atom is -0.395 e. The molecule has 2 N–H and O–H groups in total. The van der Waals surface area contributed by atoms with Gasteiger partial charge in [-0.25, -0.2) is 9.37 Å². The molecule has 6 nitrogen and oxygen atoms in total. The van der Waals surface area contributed by atoms with Crippen molar-refractivity contribution >= 4 is 5.82 Å². The number of hydrogen-bond donors (Lipinski definition) is 2. The fourth-order valence-corrected chi connectivity index (χ4v) is 3.35. The van der Waals surface area contributed by atoms with Crippen LogP contribution in [0.4, 0.5) is 10.2 Å². The lowest BCUT2D eigenvalue weighted by atomic mass is 9.94. The van der Waals surface area contributed by atoms with E-state index in [9.17, 15) is 4.39 Å². The van der Waals surface area contributed by atoms with Gasteiger partial charge < -0.3 is 19.9 Å². The van der Waals surface area contributed by atoms with Gasteiger partial charge in [0, 0.05) is 38.3 Å². The number of rotatable bonds is 5. The van der Waals surface area contributed by atoms with Crippen LogP contribution >= 0.6 is 0 Å². The van der Waals surface area contributed by atoms with Crippen LogP contribution in [0.25, 0.3) is 0 Å². The Labute approximate surface area is 135 Å². The number of halogens is 1. The van der Waals surface area contributed by atoms with Gasteiger partial charge in [0.1, 0.15) is 5.60 Å². The van der Waals surface area contributed by atoms with Crippen molar-refractivity contribution in [2.45, 2.75) is 12.0 Å². The molecule has 0 aromatic carbocycles. The lowest BCUT2D eigenvalue weighted by Gasteiger charge is -2.30. The highest BCUT2D eigenvalue weighted by molar-refractivity contribution is 5.35. The number of nitrogens with one attached hydrogen (secondary N) is 1. The molecule has 3 heterocycles. The van der Waals surface area contributed by atoms with Gasteiger partial charge in [-0.05, 0) is 18.6 Å². The van der Waals surface area contributed by atoms with Crippen molar-refractivity contribution in [3.05, 3.63) is 24.1 Å². The molecule has 2 saturated heterocycles. The number of aliphatic hydroxyl groups is 1. The molecule has 1 aromatic rings. The second-order valence-corrected chi connectivity index (χ2v) is 6.33. The van der Waals surface area contributed by atoms with Crippen molar-refractivity contribution < 1.29 is 19.0 Å². The summed E-state index contributed by atoms with van der Waals surface area (Å²) >= 11 is 0. The van der Waals surface area contributed by atoms with Crippen LogP contribution in [0, 0.1) is 11.7 Å². The lowest BCUT2D eigenvalue weighted by molar-refractivity contribution is -0.0563. The first-order valence-electron chi connectivity index (χ1n) is 8.10. The standard InChI is InChI=1S/C16H24FN3O3/c17-14-2-1-3-18-15(14)19-9-13-8-16(23-10-13)11-20(4-6-21)5-7-22-12-16/h1-3,13,21H,4-12H2,(H,18,19)/t13-,16+/m1/s1. The Morgan fingerprint density at radius 1 is 1.52 bits per heavy atom. The van der Waals surface area contributed by atoms with Gasteiger partial charge in [-0.2, -0.15) is 0 Å². The third-order valence-corrected chi connectivity index (χ3v) is 4.45. The molecule has 2 aliphatic rings. The van der Waals surface area contributed by atoms with Gasteiger partial charge in [-0.15, -0.1) is 0 Å². The monoisotopic (exact) mass is 325 g/mol. The number of ether oxygens (including phenoxy) is 2. The van der Waals surface area contributed by atoms with E-state index in [0.717, 1.165) is 19.5 Å². The van der Waals surface area contributed by atoms with Gasteiger partial charge in [0.15, 0.2) is 11.6 Å². The molecule has 0 saturated carbocycles. The average Bonchev–Trinajstić information content (AvgIpc) is 2.83. The molecule has 3 rings (SSSR count). The second kappa shape index (κ2) is 7.53. The highest BCUT2D eigenvalue weighted by Crippen LogP contribution is 2.32. The summed E-state index contributed by atoms with van der Waals surface area (Å²) in [5.41, 5.74) is -0.319. The van der Waals surface area contributed by atoms with Crippen molar-refractivity contribution in [3.8, 4) is 0 Å². The molecule has 2 fully saturated rings. The fraction of sp³-hybridized carbons (Fsp3) is 0.688. The Bertz CT molecular complexity index is 519. The average molecular weight is 325 g/mol. The molecule has 128 valence electrons. The number of pyridine rings is 1. The molecule has 0 radical (unpaired) electrons. The molecule has 2 atom stereocenters. The molecule has 1 aromatic heterocycles. The van der Waals surface area contributed by atoms with Crippen LogP contribution in [-0.4, -0.2) is 73.2 Å².